The number of aromatic nitrogens is 3. The lowest BCUT2D eigenvalue weighted by molar-refractivity contribution is -0.384. The Bertz CT molecular complexity index is 735. The van der Waals surface area contributed by atoms with Crippen LogP contribution in [0.1, 0.15) is 38.5 Å². The van der Waals surface area contributed by atoms with E-state index < -0.39 is 4.92 Å². The van der Waals surface area contributed by atoms with E-state index in [4.69, 9.17) is 4.74 Å². The molecule has 1 atom stereocenters. The lowest BCUT2D eigenvalue weighted by atomic mass is 9.98. The van der Waals surface area contributed by atoms with Crippen molar-refractivity contribution in [2.45, 2.75) is 56.8 Å². The number of benzene rings is 1. The Labute approximate surface area is 139 Å². The average Bonchev–Trinajstić information content (AvgIpc) is 3.31. The van der Waals surface area contributed by atoms with Crippen LogP contribution in [-0.2, 0) is 11.3 Å². The third-order valence-electron chi connectivity index (χ3n) is 5.12. The Morgan fingerprint density at radius 1 is 1.25 bits per heavy atom. The largest absolute Gasteiger partial charge is 0.370 e. The van der Waals surface area contributed by atoms with Gasteiger partial charge in [0.15, 0.2) is 5.82 Å². The smallest absolute Gasteiger partial charge is 0.269 e. The first-order valence-corrected chi connectivity index (χ1v) is 8.46. The maximum atomic E-state index is 10.7. The second-order valence-corrected chi connectivity index (χ2v) is 6.76. The molecule has 1 aromatic heterocycles. The van der Waals surface area contributed by atoms with E-state index in [2.05, 4.69) is 10.1 Å². The fourth-order valence-electron chi connectivity index (χ4n) is 3.87. The number of nitrogens with zero attached hydrogens (tertiary/aromatic N) is 4. The molecule has 0 N–H and O–H groups in total. The van der Waals surface area contributed by atoms with Gasteiger partial charge in [0, 0.05) is 17.7 Å². The maximum Gasteiger partial charge on any atom is 0.269 e. The van der Waals surface area contributed by atoms with Gasteiger partial charge >= 0.3 is 0 Å². The molecular weight excluding hydrogens is 308 g/mol. The molecule has 1 spiro atoms. The zero-order valence-electron chi connectivity index (χ0n) is 13.4. The van der Waals surface area contributed by atoms with Gasteiger partial charge in [-0.2, -0.15) is 5.10 Å². The third-order valence-corrected chi connectivity index (χ3v) is 5.12. The van der Waals surface area contributed by atoms with E-state index in [0.29, 0.717) is 12.4 Å². The number of hydrogen-bond donors (Lipinski definition) is 0. The van der Waals surface area contributed by atoms with Gasteiger partial charge in [0.25, 0.3) is 5.69 Å². The summed E-state index contributed by atoms with van der Waals surface area (Å²) in [6.07, 6.45) is 9.08. The molecule has 0 bridgehead atoms. The highest BCUT2D eigenvalue weighted by molar-refractivity contribution is 5.56. The van der Waals surface area contributed by atoms with Crippen molar-refractivity contribution in [3.05, 3.63) is 40.7 Å². The summed E-state index contributed by atoms with van der Waals surface area (Å²) in [6, 6.07) is 6.30. The second kappa shape index (κ2) is 5.98. The van der Waals surface area contributed by atoms with Crippen LogP contribution in [0.5, 0.6) is 0 Å². The molecule has 126 valence electrons. The molecule has 2 aromatic rings. The molecule has 24 heavy (non-hydrogen) atoms. The van der Waals surface area contributed by atoms with Crippen LogP contribution in [0, 0.1) is 10.1 Å². The molecule has 1 saturated carbocycles. The van der Waals surface area contributed by atoms with Crippen molar-refractivity contribution < 1.29 is 9.66 Å². The number of rotatable bonds is 4. The molecule has 2 heterocycles. The normalized spacial score (nSPS) is 22.2. The summed E-state index contributed by atoms with van der Waals surface area (Å²) in [7, 11) is 0. The van der Waals surface area contributed by atoms with E-state index >= 15 is 0 Å². The summed E-state index contributed by atoms with van der Waals surface area (Å²) in [4.78, 5) is 14.6. The predicted molar refractivity (Wildman–Crippen MR) is 87.4 cm³/mol. The minimum Gasteiger partial charge on any atom is -0.370 e. The molecule has 2 aliphatic rings. The van der Waals surface area contributed by atoms with Crippen LogP contribution < -0.4 is 0 Å². The summed E-state index contributed by atoms with van der Waals surface area (Å²) in [5.41, 5.74) is 0.977. The first-order valence-electron chi connectivity index (χ1n) is 8.46. The van der Waals surface area contributed by atoms with Gasteiger partial charge in [-0.15, -0.1) is 0 Å². The highest BCUT2D eigenvalue weighted by atomic mass is 16.6. The van der Waals surface area contributed by atoms with Crippen molar-refractivity contribution in [3.8, 4) is 11.4 Å². The minimum atomic E-state index is -0.411. The van der Waals surface area contributed by atoms with Crippen LogP contribution in [0.15, 0.2) is 30.6 Å². The van der Waals surface area contributed by atoms with E-state index in [-0.39, 0.29) is 17.4 Å². The number of hydrogen-bond acceptors (Lipinski definition) is 5. The van der Waals surface area contributed by atoms with E-state index in [1.165, 1.54) is 37.8 Å². The van der Waals surface area contributed by atoms with Crippen molar-refractivity contribution in [3.63, 3.8) is 0 Å². The zero-order valence-corrected chi connectivity index (χ0v) is 13.4. The van der Waals surface area contributed by atoms with Gasteiger partial charge in [0.05, 0.1) is 23.2 Å². The van der Waals surface area contributed by atoms with Crippen LogP contribution in [-0.4, -0.2) is 31.4 Å². The molecule has 2 fully saturated rings. The van der Waals surface area contributed by atoms with Crippen molar-refractivity contribution in [1.29, 1.82) is 0 Å². The van der Waals surface area contributed by atoms with Gasteiger partial charge in [-0.3, -0.25) is 10.1 Å². The quantitative estimate of drug-likeness (QED) is 0.635. The first kappa shape index (κ1) is 15.3. The number of nitro benzene ring substituents is 1. The molecule has 0 unspecified atom stereocenters. The van der Waals surface area contributed by atoms with Gasteiger partial charge in [-0.25, -0.2) is 9.67 Å². The van der Waals surface area contributed by atoms with Crippen LogP contribution in [0.3, 0.4) is 0 Å². The number of ether oxygens (including phenoxy) is 1. The summed E-state index contributed by atoms with van der Waals surface area (Å²) >= 11 is 0. The molecule has 4 rings (SSSR count). The minimum absolute atomic E-state index is 0.0689. The molecule has 1 aliphatic heterocycles. The Balaban J connectivity index is 1.42. The van der Waals surface area contributed by atoms with Crippen LogP contribution in [0.25, 0.3) is 11.4 Å². The summed E-state index contributed by atoms with van der Waals surface area (Å²) in [5, 5.41) is 15.2. The summed E-state index contributed by atoms with van der Waals surface area (Å²) in [6.45, 7) is 0.710. The molecule has 1 aromatic carbocycles. The lowest BCUT2D eigenvalue weighted by Crippen LogP contribution is -2.26. The standard InChI is InChI=1S/C17H20N4O3/c22-21(23)14-5-3-13(4-6-14)16-18-12-20(19-16)11-15-7-10-17(24-15)8-1-2-9-17/h3-6,12,15H,1-2,7-11H2/t15-/m0/s1. The Morgan fingerprint density at radius 3 is 2.71 bits per heavy atom. The zero-order chi connectivity index (χ0) is 16.6. The highest BCUT2D eigenvalue weighted by Crippen LogP contribution is 2.43. The van der Waals surface area contributed by atoms with Gasteiger partial charge in [0.1, 0.15) is 6.33 Å². The van der Waals surface area contributed by atoms with E-state index in [0.717, 1.165) is 18.4 Å². The Hall–Kier alpha value is -2.28. The van der Waals surface area contributed by atoms with Crippen molar-refractivity contribution in [1.82, 2.24) is 14.8 Å². The summed E-state index contributed by atoms with van der Waals surface area (Å²) < 4.78 is 8.12. The third kappa shape index (κ3) is 2.91. The fraction of sp³-hybridized carbons (Fsp3) is 0.529. The van der Waals surface area contributed by atoms with E-state index in [1.807, 2.05) is 4.68 Å². The van der Waals surface area contributed by atoms with Crippen molar-refractivity contribution in [2.24, 2.45) is 0 Å². The average molecular weight is 328 g/mol. The van der Waals surface area contributed by atoms with Gasteiger partial charge in [-0.1, -0.05) is 12.8 Å². The van der Waals surface area contributed by atoms with E-state index in [1.54, 1.807) is 18.5 Å². The predicted octanol–water partition coefficient (Wildman–Crippen LogP) is 3.35. The Morgan fingerprint density at radius 2 is 2.00 bits per heavy atom. The molecule has 0 amide bonds. The number of nitro groups is 1. The van der Waals surface area contributed by atoms with E-state index in [9.17, 15) is 10.1 Å². The van der Waals surface area contributed by atoms with Crippen LogP contribution in [0.2, 0.25) is 0 Å². The van der Waals surface area contributed by atoms with Crippen LogP contribution >= 0.6 is 0 Å². The fourth-order valence-corrected chi connectivity index (χ4v) is 3.87. The molecule has 1 aliphatic carbocycles. The van der Waals surface area contributed by atoms with Gasteiger partial charge in [-0.05, 0) is 37.8 Å². The molecule has 7 heteroatoms. The molecule has 7 nitrogen and oxygen atoms in total. The Kier molecular flexibility index (Phi) is 3.80. The molecule has 1 saturated heterocycles. The molecular formula is C17H20N4O3. The second-order valence-electron chi connectivity index (χ2n) is 6.76. The van der Waals surface area contributed by atoms with Gasteiger partial charge < -0.3 is 4.74 Å². The number of non-ortho nitro benzene ring substituents is 1. The molecule has 0 radical (unpaired) electrons. The van der Waals surface area contributed by atoms with Gasteiger partial charge in [0.2, 0.25) is 0 Å². The lowest BCUT2D eigenvalue weighted by Gasteiger charge is -2.23. The summed E-state index contributed by atoms with van der Waals surface area (Å²) in [5.74, 6) is 0.582. The SMILES string of the molecule is O=[N+]([O-])c1ccc(-c2ncn(C[C@@H]3CCC4(CCCC4)O3)n2)cc1. The first-order chi connectivity index (χ1) is 11.6. The monoisotopic (exact) mass is 328 g/mol. The topological polar surface area (TPSA) is 83.1 Å². The van der Waals surface area contributed by atoms with Crippen molar-refractivity contribution in [2.75, 3.05) is 0 Å². The van der Waals surface area contributed by atoms with Crippen LogP contribution in [0.4, 0.5) is 5.69 Å². The maximum absolute atomic E-state index is 10.7. The van der Waals surface area contributed by atoms with Crippen molar-refractivity contribution >= 4 is 5.69 Å². The highest BCUT2D eigenvalue weighted by Gasteiger charge is 2.42.